The summed E-state index contributed by atoms with van der Waals surface area (Å²) in [7, 11) is 0. The largest absolute Gasteiger partial charge is 0.430 e. The third-order valence-electron chi connectivity index (χ3n) is 6.87. The van der Waals surface area contributed by atoms with Crippen LogP contribution in [0.3, 0.4) is 0 Å². The normalized spacial score (nSPS) is 18.5. The number of cyclic esters (lactones) is 1. The highest BCUT2D eigenvalue weighted by molar-refractivity contribution is 6.21. The first-order chi connectivity index (χ1) is 17.4. The van der Waals surface area contributed by atoms with E-state index < -0.39 is 35.5 Å². The third kappa shape index (κ3) is 3.59. The molecule has 0 aromatic heterocycles. The van der Waals surface area contributed by atoms with Crippen molar-refractivity contribution in [1.29, 1.82) is 0 Å². The van der Waals surface area contributed by atoms with E-state index in [1.165, 1.54) is 4.90 Å². The Balaban J connectivity index is 1.47. The molecule has 5 rings (SSSR count). The minimum absolute atomic E-state index is 0.122. The van der Waals surface area contributed by atoms with Gasteiger partial charge in [-0.3, -0.25) is 19.3 Å². The Morgan fingerprint density at radius 1 is 0.806 bits per heavy atom. The van der Waals surface area contributed by atoms with Crippen molar-refractivity contribution in [2.75, 3.05) is 6.54 Å². The molecule has 0 saturated carbocycles. The zero-order valence-electron chi connectivity index (χ0n) is 20.1. The number of carbonyl (C=O) groups is 4. The molecule has 3 aromatic carbocycles. The number of nitrogens with zero attached hydrogens (tertiary/aromatic N) is 2. The second kappa shape index (κ2) is 9.07. The summed E-state index contributed by atoms with van der Waals surface area (Å²) >= 11 is 0. The van der Waals surface area contributed by atoms with Gasteiger partial charge >= 0.3 is 6.09 Å². The van der Waals surface area contributed by atoms with Gasteiger partial charge in [-0.1, -0.05) is 86.6 Å². The first-order valence-corrected chi connectivity index (χ1v) is 12.0. The van der Waals surface area contributed by atoms with Crippen LogP contribution in [0, 0.1) is 5.92 Å². The zero-order chi connectivity index (χ0) is 25.4. The molecule has 182 valence electrons. The van der Waals surface area contributed by atoms with E-state index in [9.17, 15) is 19.2 Å². The lowest BCUT2D eigenvalue weighted by Crippen LogP contribution is -2.50. The van der Waals surface area contributed by atoms with Crippen LogP contribution in [-0.4, -0.2) is 46.2 Å². The first kappa shape index (κ1) is 23.5. The van der Waals surface area contributed by atoms with Gasteiger partial charge in [-0.05, 0) is 18.1 Å². The number of rotatable bonds is 6. The van der Waals surface area contributed by atoms with Crippen LogP contribution in [0.2, 0.25) is 0 Å². The molecule has 4 amide bonds. The number of amides is 4. The van der Waals surface area contributed by atoms with Crippen LogP contribution in [0.15, 0.2) is 84.9 Å². The molecule has 2 heterocycles. The van der Waals surface area contributed by atoms with Crippen LogP contribution in [0.4, 0.5) is 4.79 Å². The first-order valence-electron chi connectivity index (χ1n) is 12.0. The molecule has 0 aliphatic carbocycles. The molecule has 0 N–H and O–H groups in total. The van der Waals surface area contributed by atoms with E-state index in [1.54, 1.807) is 24.3 Å². The second-order valence-electron chi connectivity index (χ2n) is 9.35. The average Bonchev–Trinajstić information content (AvgIpc) is 3.35. The smallest absolute Gasteiger partial charge is 0.418 e. The van der Waals surface area contributed by atoms with Gasteiger partial charge in [0, 0.05) is 24.1 Å². The Labute approximate surface area is 209 Å². The van der Waals surface area contributed by atoms with Crippen LogP contribution in [0.1, 0.15) is 52.1 Å². The molecule has 7 heteroatoms. The number of imide groups is 2. The Morgan fingerprint density at radius 3 is 1.75 bits per heavy atom. The molecule has 0 unspecified atom stereocenters. The fraction of sp³-hybridized carbons (Fsp3) is 0.241. The Hall–Kier alpha value is -4.26. The van der Waals surface area contributed by atoms with Crippen molar-refractivity contribution in [3.05, 3.63) is 107 Å². The molecule has 2 aliphatic rings. The molecule has 36 heavy (non-hydrogen) atoms. The molecule has 7 nitrogen and oxygen atoms in total. The summed E-state index contributed by atoms with van der Waals surface area (Å²) in [5.74, 6) is -1.52. The van der Waals surface area contributed by atoms with Crippen molar-refractivity contribution in [3.8, 4) is 0 Å². The van der Waals surface area contributed by atoms with Gasteiger partial charge in [-0.15, -0.1) is 0 Å². The lowest BCUT2D eigenvalue weighted by Gasteiger charge is -2.37. The van der Waals surface area contributed by atoms with Crippen LogP contribution in [0.25, 0.3) is 0 Å². The topological polar surface area (TPSA) is 84.0 Å². The Kier molecular flexibility index (Phi) is 5.92. The van der Waals surface area contributed by atoms with E-state index >= 15 is 0 Å². The Morgan fingerprint density at radius 2 is 1.28 bits per heavy atom. The average molecular weight is 483 g/mol. The summed E-state index contributed by atoms with van der Waals surface area (Å²) in [6.45, 7) is 3.76. The third-order valence-corrected chi connectivity index (χ3v) is 6.87. The molecular formula is C29H26N2O5. The fourth-order valence-electron chi connectivity index (χ4n) is 5.33. The predicted octanol–water partition coefficient (Wildman–Crippen LogP) is 4.62. The van der Waals surface area contributed by atoms with Gasteiger partial charge in [0.05, 0.1) is 17.2 Å². The van der Waals surface area contributed by atoms with Crippen LogP contribution < -0.4 is 0 Å². The molecule has 0 bridgehead atoms. The molecule has 1 atom stereocenters. The zero-order valence-corrected chi connectivity index (χ0v) is 20.1. The number of benzene rings is 3. The summed E-state index contributed by atoms with van der Waals surface area (Å²) in [5, 5.41) is 0. The maximum Gasteiger partial charge on any atom is 0.418 e. The predicted molar refractivity (Wildman–Crippen MR) is 132 cm³/mol. The molecule has 1 saturated heterocycles. The van der Waals surface area contributed by atoms with E-state index in [-0.39, 0.29) is 18.9 Å². The second-order valence-corrected chi connectivity index (χ2v) is 9.35. The van der Waals surface area contributed by atoms with E-state index in [2.05, 4.69) is 0 Å². The Bertz CT molecular complexity index is 1260. The number of fused-ring (bicyclic) bond motifs is 1. The fourth-order valence-corrected chi connectivity index (χ4v) is 5.33. The quantitative estimate of drug-likeness (QED) is 0.479. The van der Waals surface area contributed by atoms with Crippen molar-refractivity contribution in [1.82, 2.24) is 9.80 Å². The maximum atomic E-state index is 13.5. The highest BCUT2D eigenvalue weighted by atomic mass is 16.6. The standard InChI is InChI=1S/C29H26N2O5/c1-19(2)25-29(20-11-5-3-6-12-20,21-13-7-4-8-14-21)36-28(35)31(25)24(32)17-18-30-26(33)22-15-9-10-16-23(22)27(30)34/h3-16,19,25H,17-18H2,1-2H3/t25-/m0/s1. The monoisotopic (exact) mass is 482 g/mol. The number of ether oxygens (including phenoxy) is 1. The van der Waals surface area contributed by atoms with Crippen molar-refractivity contribution < 1.29 is 23.9 Å². The SMILES string of the molecule is CC(C)[C@@H]1N(C(=O)CCN2C(=O)c3ccccc3C2=O)C(=O)OC1(c1ccccc1)c1ccccc1. The lowest BCUT2D eigenvalue weighted by atomic mass is 9.75. The van der Waals surface area contributed by atoms with E-state index in [1.807, 2.05) is 74.5 Å². The van der Waals surface area contributed by atoms with Crippen LogP contribution in [-0.2, 0) is 15.1 Å². The van der Waals surface area contributed by atoms with Crippen molar-refractivity contribution in [2.24, 2.45) is 5.92 Å². The number of hydrogen-bond donors (Lipinski definition) is 0. The highest BCUT2D eigenvalue weighted by Gasteiger charge is 2.59. The van der Waals surface area contributed by atoms with Crippen LogP contribution in [0.5, 0.6) is 0 Å². The van der Waals surface area contributed by atoms with Gasteiger partial charge in [0.25, 0.3) is 11.8 Å². The van der Waals surface area contributed by atoms with E-state index in [0.29, 0.717) is 11.1 Å². The van der Waals surface area contributed by atoms with Gasteiger partial charge in [0.2, 0.25) is 5.91 Å². The lowest BCUT2D eigenvalue weighted by molar-refractivity contribution is -0.130. The molecule has 2 aliphatic heterocycles. The summed E-state index contributed by atoms with van der Waals surface area (Å²) in [6.07, 6.45) is -0.933. The van der Waals surface area contributed by atoms with Gasteiger partial charge in [0.1, 0.15) is 0 Å². The number of carbonyl (C=O) groups excluding carboxylic acids is 4. The van der Waals surface area contributed by atoms with Gasteiger partial charge < -0.3 is 4.74 Å². The van der Waals surface area contributed by atoms with Gasteiger partial charge in [0.15, 0.2) is 5.60 Å². The highest BCUT2D eigenvalue weighted by Crippen LogP contribution is 2.47. The molecule has 0 radical (unpaired) electrons. The molecule has 1 fully saturated rings. The molecular weight excluding hydrogens is 456 g/mol. The summed E-state index contributed by atoms with van der Waals surface area (Å²) < 4.78 is 6.11. The molecule has 3 aromatic rings. The summed E-state index contributed by atoms with van der Waals surface area (Å²) in [6, 6.07) is 24.8. The van der Waals surface area contributed by atoms with Gasteiger partial charge in [-0.25, -0.2) is 9.69 Å². The minimum Gasteiger partial charge on any atom is -0.430 e. The van der Waals surface area contributed by atoms with E-state index in [0.717, 1.165) is 16.0 Å². The van der Waals surface area contributed by atoms with Crippen molar-refractivity contribution >= 4 is 23.8 Å². The maximum absolute atomic E-state index is 13.5. The van der Waals surface area contributed by atoms with Crippen molar-refractivity contribution in [2.45, 2.75) is 31.9 Å². The minimum atomic E-state index is -1.20. The van der Waals surface area contributed by atoms with E-state index in [4.69, 9.17) is 4.74 Å². The summed E-state index contributed by atoms with van der Waals surface area (Å²) in [5.41, 5.74) is 0.974. The molecule has 0 spiro atoms. The summed E-state index contributed by atoms with van der Waals surface area (Å²) in [4.78, 5) is 54.6. The van der Waals surface area contributed by atoms with Crippen LogP contribution >= 0.6 is 0 Å². The number of hydrogen-bond acceptors (Lipinski definition) is 5. The van der Waals surface area contributed by atoms with Crippen molar-refractivity contribution in [3.63, 3.8) is 0 Å². The van der Waals surface area contributed by atoms with Gasteiger partial charge in [-0.2, -0.15) is 0 Å².